The third-order valence-corrected chi connectivity index (χ3v) is 1.26. The van der Waals surface area contributed by atoms with Gasteiger partial charge in [-0.1, -0.05) is 6.07 Å². The van der Waals surface area contributed by atoms with Gasteiger partial charge in [0.25, 0.3) is 0 Å². The summed E-state index contributed by atoms with van der Waals surface area (Å²) in [5.41, 5.74) is 1.10. The molecule has 0 fully saturated rings. The lowest BCUT2D eigenvalue weighted by atomic mass is 10.3. The van der Waals surface area contributed by atoms with E-state index in [0.29, 0.717) is 6.61 Å². The molecule has 0 aliphatic heterocycles. The van der Waals surface area contributed by atoms with Gasteiger partial charge in [-0.2, -0.15) is 0 Å². The first-order valence-electron chi connectivity index (χ1n) is 2.56. The fraction of sp³-hybridized carbons (Fsp3) is 0.167. The molecule has 0 saturated carbocycles. The number of aromatic nitrogens is 1. The molecule has 0 aliphatic carbocycles. The molecule has 1 aromatic heterocycles. The van der Waals surface area contributed by atoms with Gasteiger partial charge in [0.2, 0.25) is 0 Å². The predicted octanol–water partition coefficient (Wildman–Crippen LogP) is 1.95. The molecule has 0 spiro atoms. The van der Waals surface area contributed by atoms with Gasteiger partial charge >= 0.3 is 0 Å². The molecule has 1 rings (SSSR count). The zero-order valence-corrected chi connectivity index (χ0v) is 6.91. The normalized spacial score (nSPS) is 9.44. The topological polar surface area (TPSA) is 22.1 Å². The Hall–Kier alpha value is -0.160. The van der Waals surface area contributed by atoms with E-state index in [4.69, 9.17) is 3.07 Å². The van der Waals surface area contributed by atoms with E-state index in [0.717, 1.165) is 5.56 Å². The van der Waals surface area contributed by atoms with Crippen molar-refractivity contribution < 1.29 is 3.07 Å². The smallest absolute Gasteiger partial charge is 0.110 e. The summed E-state index contributed by atoms with van der Waals surface area (Å²) in [4.78, 5) is 3.92. The number of hydrogen-bond acceptors (Lipinski definition) is 2. The van der Waals surface area contributed by atoms with E-state index in [1.807, 2.05) is 35.1 Å². The van der Waals surface area contributed by atoms with Crippen LogP contribution < -0.4 is 0 Å². The summed E-state index contributed by atoms with van der Waals surface area (Å²) in [6.07, 6.45) is 3.54. The summed E-state index contributed by atoms with van der Waals surface area (Å²) < 4.78 is 4.86. The molecular formula is C6H6INO. The van der Waals surface area contributed by atoms with Crippen LogP contribution in [-0.2, 0) is 9.67 Å². The van der Waals surface area contributed by atoms with Gasteiger partial charge in [-0.05, 0) is 11.6 Å². The molecule has 0 bridgehead atoms. The monoisotopic (exact) mass is 235 g/mol. The van der Waals surface area contributed by atoms with Crippen molar-refractivity contribution in [1.29, 1.82) is 0 Å². The Morgan fingerprint density at radius 3 is 3.11 bits per heavy atom. The SMILES string of the molecule is IOCc1cccnc1. The second-order valence-electron chi connectivity index (χ2n) is 1.61. The Morgan fingerprint density at radius 1 is 1.67 bits per heavy atom. The van der Waals surface area contributed by atoms with Crippen molar-refractivity contribution in [1.82, 2.24) is 4.98 Å². The minimum Gasteiger partial charge on any atom is -0.311 e. The van der Waals surface area contributed by atoms with Gasteiger partial charge in [-0.15, -0.1) is 0 Å². The molecule has 48 valence electrons. The lowest BCUT2D eigenvalue weighted by Crippen LogP contribution is -1.82. The molecule has 1 aromatic rings. The zero-order valence-electron chi connectivity index (χ0n) is 4.75. The molecule has 9 heavy (non-hydrogen) atoms. The number of nitrogens with zero attached hydrogens (tertiary/aromatic N) is 1. The van der Waals surface area contributed by atoms with Crippen molar-refractivity contribution in [2.45, 2.75) is 6.61 Å². The average molecular weight is 235 g/mol. The Kier molecular flexibility index (Phi) is 2.93. The highest BCUT2D eigenvalue weighted by Crippen LogP contribution is 2.00. The molecule has 0 amide bonds. The highest BCUT2D eigenvalue weighted by molar-refractivity contribution is 14.1. The van der Waals surface area contributed by atoms with Crippen molar-refractivity contribution in [3.8, 4) is 0 Å². The molecule has 0 aromatic carbocycles. The van der Waals surface area contributed by atoms with E-state index in [2.05, 4.69) is 4.98 Å². The van der Waals surface area contributed by atoms with Crippen molar-refractivity contribution >= 4 is 23.0 Å². The Morgan fingerprint density at radius 2 is 2.56 bits per heavy atom. The molecule has 0 atom stereocenters. The van der Waals surface area contributed by atoms with E-state index < -0.39 is 0 Å². The minimum atomic E-state index is 0.633. The number of pyridine rings is 1. The van der Waals surface area contributed by atoms with Crippen LogP contribution in [0.25, 0.3) is 0 Å². The fourth-order valence-electron chi connectivity index (χ4n) is 0.546. The van der Waals surface area contributed by atoms with Crippen molar-refractivity contribution in [2.75, 3.05) is 0 Å². The summed E-state index contributed by atoms with van der Waals surface area (Å²) in [5.74, 6) is 0. The highest BCUT2D eigenvalue weighted by Gasteiger charge is 1.86. The van der Waals surface area contributed by atoms with Crippen LogP contribution in [0.1, 0.15) is 5.56 Å². The fourth-order valence-corrected chi connectivity index (χ4v) is 0.906. The van der Waals surface area contributed by atoms with E-state index in [1.54, 1.807) is 12.4 Å². The van der Waals surface area contributed by atoms with Crippen LogP contribution in [0.2, 0.25) is 0 Å². The highest BCUT2D eigenvalue weighted by atomic mass is 127. The van der Waals surface area contributed by atoms with Gasteiger partial charge in [0.15, 0.2) is 0 Å². The zero-order chi connectivity index (χ0) is 6.53. The van der Waals surface area contributed by atoms with Crippen LogP contribution in [0.4, 0.5) is 0 Å². The first-order chi connectivity index (χ1) is 4.43. The standard InChI is InChI=1S/C6H6INO/c7-9-5-6-2-1-3-8-4-6/h1-4H,5H2. The van der Waals surface area contributed by atoms with Gasteiger partial charge in [0, 0.05) is 12.4 Å². The van der Waals surface area contributed by atoms with Crippen LogP contribution >= 0.6 is 23.0 Å². The lowest BCUT2D eigenvalue weighted by Gasteiger charge is -1.92. The van der Waals surface area contributed by atoms with E-state index in [9.17, 15) is 0 Å². The van der Waals surface area contributed by atoms with E-state index in [-0.39, 0.29) is 0 Å². The summed E-state index contributed by atoms with van der Waals surface area (Å²) in [6.45, 7) is 0.633. The van der Waals surface area contributed by atoms with Crippen LogP contribution in [0.3, 0.4) is 0 Å². The molecule has 0 saturated heterocycles. The number of hydrogen-bond donors (Lipinski definition) is 0. The molecular weight excluding hydrogens is 229 g/mol. The van der Waals surface area contributed by atoms with E-state index >= 15 is 0 Å². The minimum absolute atomic E-state index is 0.633. The third-order valence-electron chi connectivity index (χ3n) is 0.944. The predicted molar refractivity (Wildman–Crippen MR) is 43.0 cm³/mol. The van der Waals surface area contributed by atoms with Crippen molar-refractivity contribution in [3.63, 3.8) is 0 Å². The molecule has 0 N–H and O–H groups in total. The van der Waals surface area contributed by atoms with Gasteiger partial charge in [0.1, 0.15) is 23.0 Å². The first kappa shape index (κ1) is 6.95. The summed E-state index contributed by atoms with van der Waals surface area (Å²) in [5, 5.41) is 0. The van der Waals surface area contributed by atoms with Gasteiger partial charge in [0.05, 0.1) is 6.61 Å². The number of halogens is 1. The molecule has 2 nitrogen and oxygen atoms in total. The summed E-state index contributed by atoms with van der Waals surface area (Å²) in [7, 11) is 0. The van der Waals surface area contributed by atoms with Crippen LogP contribution in [-0.4, -0.2) is 4.98 Å². The molecule has 0 radical (unpaired) electrons. The van der Waals surface area contributed by atoms with Gasteiger partial charge < -0.3 is 3.07 Å². The lowest BCUT2D eigenvalue weighted by molar-refractivity contribution is 0.417. The van der Waals surface area contributed by atoms with Crippen LogP contribution in [0.5, 0.6) is 0 Å². The number of rotatable bonds is 2. The molecule has 3 heteroatoms. The van der Waals surface area contributed by atoms with Gasteiger partial charge in [-0.25, -0.2) is 0 Å². The van der Waals surface area contributed by atoms with Crippen LogP contribution in [0.15, 0.2) is 24.5 Å². The van der Waals surface area contributed by atoms with Gasteiger partial charge in [-0.3, -0.25) is 4.98 Å². The molecule has 0 unspecified atom stereocenters. The maximum absolute atomic E-state index is 4.86. The third kappa shape index (κ3) is 2.28. The summed E-state index contributed by atoms with van der Waals surface area (Å²) >= 11 is 1.86. The van der Waals surface area contributed by atoms with Crippen molar-refractivity contribution in [2.24, 2.45) is 0 Å². The summed E-state index contributed by atoms with van der Waals surface area (Å²) in [6, 6.07) is 3.87. The second-order valence-corrected chi connectivity index (χ2v) is 2.24. The second kappa shape index (κ2) is 3.79. The quantitative estimate of drug-likeness (QED) is 0.731. The van der Waals surface area contributed by atoms with Crippen LogP contribution in [0, 0.1) is 0 Å². The molecule has 1 heterocycles. The largest absolute Gasteiger partial charge is 0.311 e. The maximum atomic E-state index is 4.86. The van der Waals surface area contributed by atoms with Crippen molar-refractivity contribution in [3.05, 3.63) is 30.1 Å². The maximum Gasteiger partial charge on any atom is 0.110 e. The first-order valence-corrected chi connectivity index (χ1v) is 3.44. The Labute approximate surface area is 67.9 Å². The molecule has 0 aliphatic rings. The average Bonchev–Trinajstić information content (AvgIpc) is 1.91. The Bertz CT molecular complexity index is 166. The Balaban J connectivity index is 2.61. The van der Waals surface area contributed by atoms with E-state index in [1.165, 1.54) is 0 Å².